The summed E-state index contributed by atoms with van der Waals surface area (Å²) < 4.78 is 5.79. The fourth-order valence-corrected chi connectivity index (χ4v) is 2.00. The molecule has 0 saturated heterocycles. The first-order valence-electron chi connectivity index (χ1n) is 6.57. The molecule has 1 N–H and O–H groups in total. The van der Waals surface area contributed by atoms with E-state index in [0.29, 0.717) is 5.89 Å². The maximum absolute atomic E-state index is 6.13. The van der Waals surface area contributed by atoms with Crippen molar-refractivity contribution in [2.24, 2.45) is 0 Å². The lowest BCUT2D eigenvalue weighted by molar-refractivity contribution is 0.423. The molecule has 1 aromatic heterocycles. The van der Waals surface area contributed by atoms with Crippen LogP contribution in [0.3, 0.4) is 0 Å². The Hall–Kier alpha value is -1.32. The van der Waals surface area contributed by atoms with Crippen LogP contribution in [-0.4, -0.2) is 11.5 Å². The van der Waals surface area contributed by atoms with Crippen LogP contribution in [0, 0.1) is 6.92 Å². The number of hydrogen-bond acceptors (Lipinski definition) is 3. The Labute approximate surface area is 119 Å². The summed E-state index contributed by atoms with van der Waals surface area (Å²) in [5.41, 5.74) is 2.01. The molecule has 0 aliphatic heterocycles. The summed E-state index contributed by atoms with van der Waals surface area (Å²) in [6, 6.07) is 6.01. The van der Waals surface area contributed by atoms with Gasteiger partial charge in [0.25, 0.3) is 0 Å². The predicted octanol–water partition coefficient (Wildman–Crippen LogP) is 4.36. The van der Waals surface area contributed by atoms with Gasteiger partial charge < -0.3 is 9.73 Å². The number of nitrogens with zero attached hydrogens (tertiary/aromatic N) is 1. The van der Waals surface area contributed by atoms with E-state index in [4.69, 9.17) is 16.0 Å². The van der Waals surface area contributed by atoms with Crippen molar-refractivity contribution in [3.63, 3.8) is 0 Å². The molecule has 2 aromatic rings. The van der Waals surface area contributed by atoms with E-state index < -0.39 is 0 Å². The summed E-state index contributed by atoms with van der Waals surface area (Å²) in [5.74, 6) is 1.46. The molecular formula is C15H19ClN2O. The molecule has 3 nitrogen and oxygen atoms in total. The van der Waals surface area contributed by atoms with Crippen molar-refractivity contribution >= 4 is 11.6 Å². The van der Waals surface area contributed by atoms with Crippen LogP contribution in [0.15, 0.2) is 28.8 Å². The molecule has 0 bridgehead atoms. The highest BCUT2D eigenvalue weighted by Crippen LogP contribution is 2.27. The molecule has 0 aliphatic rings. The molecule has 0 aliphatic carbocycles. The fourth-order valence-electron chi connectivity index (χ4n) is 1.82. The van der Waals surface area contributed by atoms with Gasteiger partial charge in [-0.1, -0.05) is 30.7 Å². The molecule has 0 radical (unpaired) electrons. The minimum absolute atomic E-state index is 0.120. The normalized spacial score (nSPS) is 12.6. The quantitative estimate of drug-likeness (QED) is 0.883. The number of halogens is 1. The van der Waals surface area contributed by atoms with Crippen molar-refractivity contribution in [2.45, 2.75) is 33.2 Å². The molecule has 0 amide bonds. The van der Waals surface area contributed by atoms with Crippen LogP contribution in [0.25, 0.3) is 11.3 Å². The molecule has 0 saturated carbocycles. The smallest absolute Gasteiger partial charge is 0.211 e. The molecule has 4 heteroatoms. The van der Waals surface area contributed by atoms with Gasteiger partial charge in [0, 0.05) is 10.6 Å². The third kappa shape index (κ3) is 3.37. The molecule has 1 heterocycles. The molecule has 19 heavy (non-hydrogen) atoms. The average molecular weight is 279 g/mol. The van der Waals surface area contributed by atoms with Gasteiger partial charge in [-0.15, -0.1) is 0 Å². The zero-order chi connectivity index (χ0) is 13.8. The van der Waals surface area contributed by atoms with Crippen LogP contribution >= 0.6 is 11.6 Å². The number of oxazole rings is 1. The van der Waals surface area contributed by atoms with Gasteiger partial charge in [0.05, 0.1) is 12.2 Å². The third-order valence-corrected chi connectivity index (χ3v) is 3.46. The van der Waals surface area contributed by atoms with E-state index in [-0.39, 0.29) is 6.04 Å². The Kier molecular flexibility index (Phi) is 4.61. The molecule has 2 rings (SSSR count). The zero-order valence-electron chi connectivity index (χ0n) is 11.5. The highest BCUT2D eigenvalue weighted by molar-refractivity contribution is 6.31. The van der Waals surface area contributed by atoms with E-state index in [1.165, 1.54) is 0 Å². The van der Waals surface area contributed by atoms with E-state index in [1.54, 1.807) is 6.20 Å². The van der Waals surface area contributed by atoms with Gasteiger partial charge in [0.15, 0.2) is 5.76 Å². The Morgan fingerprint density at radius 2 is 2.21 bits per heavy atom. The van der Waals surface area contributed by atoms with E-state index in [2.05, 4.69) is 17.2 Å². The number of nitrogens with one attached hydrogen (secondary N) is 1. The summed E-state index contributed by atoms with van der Waals surface area (Å²) in [6.07, 6.45) is 2.84. The SMILES string of the molecule is CCCNC(C)c1ncc(-c2ccc(C)c(Cl)c2)o1. The highest BCUT2D eigenvalue weighted by Gasteiger charge is 2.13. The maximum Gasteiger partial charge on any atom is 0.211 e. The molecule has 102 valence electrons. The summed E-state index contributed by atoms with van der Waals surface area (Å²) in [5, 5.41) is 4.09. The minimum Gasteiger partial charge on any atom is -0.439 e. The topological polar surface area (TPSA) is 38.1 Å². The van der Waals surface area contributed by atoms with Crippen LogP contribution in [0.5, 0.6) is 0 Å². The monoisotopic (exact) mass is 278 g/mol. The van der Waals surface area contributed by atoms with Gasteiger partial charge in [0.1, 0.15) is 0 Å². The zero-order valence-corrected chi connectivity index (χ0v) is 12.3. The van der Waals surface area contributed by atoms with Crippen molar-refractivity contribution in [3.05, 3.63) is 40.9 Å². The summed E-state index contributed by atoms with van der Waals surface area (Å²) >= 11 is 6.13. The van der Waals surface area contributed by atoms with E-state index in [9.17, 15) is 0 Å². The van der Waals surface area contributed by atoms with Gasteiger partial charge >= 0.3 is 0 Å². The molecule has 1 aromatic carbocycles. The Balaban J connectivity index is 2.18. The second kappa shape index (κ2) is 6.22. The summed E-state index contributed by atoms with van der Waals surface area (Å²) in [4.78, 5) is 4.33. The molecule has 0 fully saturated rings. The van der Waals surface area contributed by atoms with Crippen LogP contribution in [-0.2, 0) is 0 Å². The van der Waals surface area contributed by atoms with Gasteiger partial charge in [0.2, 0.25) is 5.89 Å². The summed E-state index contributed by atoms with van der Waals surface area (Å²) in [7, 11) is 0. The molecule has 1 unspecified atom stereocenters. The van der Waals surface area contributed by atoms with E-state index >= 15 is 0 Å². The minimum atomic E-state index is 0.120. The van der Waals surface area contributed by atoms with Crippen LogP contribution < -0.4 is 5.32 Å². The van der Waals surface area contributed by atoms with Crippen molar-refractivity contribution in [1.82, 2.24) is 10.3 Å². The number of aryl methyl sites for hydroxylation is 1. The first kappa shape index (κ1) is 14.1. The predicted molar refractivity (Wildman–Crippen MR) is 78.4 cm³/mol. The lowest BCUT2D eigenvalue weighted by atomic mass is 10.1. The lowest BCUT2D eigenvalue weighted by Crippen LogP contribution is -2.19. The Bertz CT molecular complexity index is 551. The third-order valence-electron chi connectivity index (χ3n) is 3.05. The van der Waals surface area contributed by atoms with Crippen LogP contribution in [0.1, 0.15) is 37.8 Å². The summed E-state index contributed by atoms with van der Waals surface area (Å²) in [6.45, 7) is 7.12. The van der Waals surface area contributed by atoms with Crippen molar-refractivity contribution < 1.29 is 4.42 Å². The number of benzene rings is 1. The van der Waals surface area contributed by atoms with Gasteiger partial charge in [-0.3, -0.25) is 0 Å². The largest absolute Gasteiger partial charge is 0.439 e. The van der Waals surface area contributed by atoms with E-state index in [1.807, 2.05) is 32.0 Å². The molecule has 1 atom stereocenters. The Morgan fingerprint density at radius 1 is 1.42 bits per heavy atom. The first-order chi connectivity index (χ1) is 9.11. The standard InChI is InChI=1S/C15H19ClN2O/c1-4-7-17-11(3)15-18-9-14(19-15)12-6-5-10(2)13(16)8-12/h5-6,8-9,11,17H,4,7H2,1-3H3. The second-order valence-electron chi connectivity index (χ2n) is 4.70. The number of aromatic nitrogens is 1. The lowest BCUT2D eigenvalue weighted by Gasteiger charge is -2.08. The van der Waals surface area contributed by atoms with Crippen molar-refractivity contribution in [3.8, 4) is 11.3 Å². The Morgan fingerprint density at radius 3 is 2.89 bits per heavy atom. The van der Waals surface area contributed by atoms with Gasteiger partial charge in [-0.2, -0.15) is 0 Å². The fraction of sp³-hybridized carbons (Fsp3) is 0.400. The van der Waals surface area contributed by atoms with Gasteiger partial charge in [-0.25, -0.2) is 4.98 Å². The van der Waals surface area contributed by atoms with Crippen molar-refractivity contribution in [1.29, 1.82) is 0 Å². The number of hydrogen-bond donors (Lipinski definition) is 1. The van der Waals surface area contributed by atoms with Gasteiger partial charge in [-0.05, 0) is 38.4 Å². The first-order valence-corrected chi connectivity index (χ1v) is 6.95. The second-order valence-corrected chi connectivity index (χ2v) is 5.11. The molecular weight excluding hydrogens is 260 g/mol. The number of rotatable bonds is 5. The average Bonchev–Trinajstić information content (AvgIpc) is 2.89. The highest BCUT2D eigenvalue weighted by atomic mass is 35.5. The molecule has 0 spiro atoms. The maximum atomic E-state index is 6.13. The van der Waals surface area contributed by atoms with Crippen LogP contribution in [0.2, 0.25) is 5.02 Å². The van der Waals surface area contributed by atoms with Crippen LogP contribution in [0.4, 0.5) is 0 Å². The van der Waals surface area contributed by atoms with E-state index in [0.717, 1.165) is 34.9 Å². The van der Waals surface area contributed by atoms with Crippen molar-refractivity contribution in [2.75, 3.05) is 6.54 Å².